The summed E-state index contributed by atoms with van der Waals surface area (Å²) in [5.74, 6) is 0.503. The van der Waals surface area contributed by atoms with Crippen molar-refractivity contribution in [3.63, 3.8) is 0 Å². The van der Waals surface area contributed by atoms with E-state index in [1.165, 1.54) is 7.11 Å². The van der Waals surface area contributed by atoms with Crippen LogP contribution in [0.2, 0.25) is 0 Å². The lowest BCUT2D eigenvalue weighted by atomic mass is 10.0. The minimum atomic E-state index is -0.501. The minimum absolute atomic E-state index is 0.257. The van der Waals surface area contributed by atoms with Crippen LogP contribution in [-0.4, -0.2) is 65.4 Å². The first kappa shape index (κ1) is 24.6. The number of esters is 1. The number of hydrogen-bond donors (Lipinski definition) is 0. The number of piperazine rings is 1. The highest BCUT2D eigenvalue weighted by Crippen LogP contribution is 2.31. The number of fused-ring (bicyclic) bond motifs is 1. The van der Waals surface area contributed by atoms with Gasteiger partial charge in [-0.1, -0.05) is 0 Å². The summed E-state index contributed by atoms with van der Waals surface area (Å²) < 4.78 is 12.7. The van der Waals surface area contributed by atoms with E-state index in [0.29, 0.717) is 31.7 Å². The molecule has 1 saturated heterocycles. The highest BCUT2D eigenvalue weighted by Gasteiger charge is 2.26. The van der Waals surface area contributed by atoms with E-state index >= 15 is 0 Å². The average Bonchev–Trinajstić information content (AvgIpc) is 3.26. The normalized spacial score (nSPS) is 14.5. The van der Waals surface area contributed by atoms with E-state index in [1.807, 2.05) is 57.4 Å². The molecule has 1 fully saturated rings. The van der Waals surface area contributed by atoms with E-state index in [1.54, 1.807) is 4.90 Å². The van der Waals surface area contributed by atoms with Gasteiger partial charge < -0.3 is 23.8 Å². The molecule has 3 heterocycles. The SMILES string of the molecule is COC(=O)c1cc(-c2ccc(N3CCN(C(=O)OC(C)(C)C)CC3)nc2)cc2c1ccn2C(C)C. The maximum Gasteiger partial charge on any atom is 0.410 e. The van der Waals surface area contributed by atoms with Crippen LogP contribution in [0.5, 0.6) is 0 Å². The number of nitrogens with zero attached hydrogens (tertiary/aromatic N) is 4. The van der Waals surface area contributed by atoms with Crippen molar-refractivity contribution >= 4 is 28.8 Å². The van der Waals surface area contributed by atoms with Gasteiger partial charge in [-0.3, -0.25) is 0 Å². The average molecular weight is 479 g/mol. The highest BCUT2D eigenvalue weighted by molar-refractivity contribution is 6.06. The van der Waals surface area contributed by atoms with Gasteiger partial charge in [0.05, 0.1) is 12.7 Å². The predicted molar refractivity (Wildman–Crippen MR) is 137 cm³/mol. The summed E-state index contributed by atoms with van der Waals surface area (Å²) in [7, 11) is 1.40. The second-order valence-electron chi connectivity index (χ2n) is 10.1. The standard InChI is InChI=1S/C27H34N4O4/c1-18(2)31-10-9-21-22(25(32)34-6)15-20(16-23(21)31)19-7-8-24(28-17-19)29-11-13-30(14-12-29)26(33)35-27(3,4)5/h7-10,15-18H,11-14H2,1-6H3. The Hall–Kier alpha value is -3.55. The molecule has 1 aliphatic heterocycles. The molecule has 0 unspecified atom stereocenters. The summed E-state index contributed by atoms with van der Waals surface area (Å²) in [4.78, 5) is 33.4. The molecule has 0 aliphatic carbocycles. The molecule has 0 spiro atoms. The maximum atomic E-state index is 12.5. The third-order valence-corrected chi connectivity index (χ3v) is 6.14. The summed E-state index contributed by atoms with van der Waals surface area (Å²) >= 11 is 0. The van der Waals surface area contributed by atoms with Crippen LogP contribution in [0.3, 0.4) is 0 Å². The molecule has 0 radical (unpaired) electrons. The van der Waals surface area contributed by atoms with Crippen LogP contribution in [0, 0.1) is 0 Å². The molecule has 35 heavy (non-hydrogen) atoms. The summed E-state index contributed by atoms with van der Waals surface area (Å²) in [6.07, 6.45) is 3.56. The van der Waals surface area contributed by atoms with E-state index in [0.717, 1.165) is 27.8 Å². The summed E-state index contributed by atoms with van der Waals surface area (Å²) in [5.41, 5.74) is 2.86. The number of benzene rings is 1. The molecule has 8 nitrogen and oxygen atoms in total. The number of carbonyl (C=O) groups is 2. The summed E-state index contributed by atoms with van der Waals surface area (Å²) in [6, 6.07) is 10.2. The van der Waals surface area contributed by atoms with Crippen LogP contribution >= 0.6 is 0 Å². The first-order valence-corrected chi connectivity index (χ1v) is 12.0. The Morgan fingerprint density at radius 3 is 2.29 bits per heavy atom. The fraction of sp³-hybridized carbons (Fsp3) is 0.444. The van der Waals surface area contributed by atoms with E-state index in [2.05, 4.69) is 29.4 Å². The summed E-state index contributed by atoms with van der Waals surface area (Å²) in [5, 5.41) is 0.877. The van der Waals surface area contributed by atoms with E-state index < -0.39 is 5.60 Å². The number of pyridine rings is 1. The number of carbonyl (C=O) groups excluding carboxylic acids is 2. The van der Waals surface area contributed by atoms with Crippen molar-refractivity contribution in [1.82, 2.24) is 14.5 Å². The zero-order chi connectivity index (χ0) is 25.3. The highest BCUT2D eigenvalue weighted by atomic mass is 16.6. The predicted octanol–water partition coefficient (Wildman–Crippen LogP) is 5.13. The van der Waals surface area contributed by atoms with E-state index in [9.17, 15) is 9.59 Å². The molecule has 8 heteroatoms. The van der Waals surface area contributed by atoms with Crippen LogP contribution in [0.4, 0.5) is 10.6 Å². The van der Waals surface area contributed by atoms with Crippen LogP contribution < -0.4 is 4.90 Å². The zero-order valence-electron chi connectivity index (χ0n) is 21.4. The molecular formula is C27H34N4O4. The molecule has 1 aliphatic rings. The summed E-state index contributed by atoms with van der Waals surface area (Å²) in [6.45, 7) is 12.4. The van der Waals surface area contributed by atoms with Gasteiger partial charge in [-0.15, -0.1) is 0 Å². The molecule has 4 rings (SSSR count). The maximum absolute atomic E-state index is 12.5. The molecule has 0 bridgehead atoms. The van der Waals surface area contributed by atoms with Crippen LogP contribution in [0.1, 0.15) is 51.0 Å². The zero-order valence-corrected chi connectivity index (χ0v) is 21.4. The van der Waals surface area contributed by atoms with Gasteiger partial charge in [0.25, 0.3) is 0 Å². The van der Waals surface area contributed by atoms with Gasteiger partial charge in [-0.2, -0.15) is 0 Å². The molecule has 3 aromatic rings. The fourth-order valence-electron chi connectivity index (χ4n) is 4.35. The van der Waals surface area contributed by atoms with E-state index in [-0.39, 0.29) is 18.1 Å². The third-order valence-electron chi connectivity index (χ3n) is 6.14. The number of hydrogen-bond acceptors (Lipinski definition) is 6. The monoisotopic (exact) mass is 478 g/mol. The largest absolute Gasteiger partial charge is 0.465 e. The number of methoxy groups -OCH3 is 1. The van der Waals surface area contributed by atoms with Crippen LogP contribution in [-0.2, 0) is 9.47 Å². The number of ether oxygens (including phenoxy) is 2. The Labute approximate surface area is 206 Å². The Balaban J connectivity index is 1.54. The number of amides is 1. The smallest absolute Gasteiger partial charge is 0.410 e. The van der Waals surface area contributed by atoms with Gasteiger partial charge in [0.15, 0.2) is 0 Å². The quantitative estimate of drug-likeness (QED) is 0.484. The Morgan fingerprint density at radius 1 is 1.00 bits per heavy atom. The lowest BCUT2D eigenvalue weighted by Gasteiger charge is -2.36. The Bertz CT molecular complexity index is 1220. The van der Waals surface area contributed by atoms with Crippen LogP contribution in [0.15, 0.2) is 42.7 Å². The van der Waals surface area contributed by atoms with Gasteiger partial charge >= 0.3 is 12.1 Å². The number of anilines is 1. The molecule has 1 aromatic carbocycles. The fourth-order valence-corrected chi connectivity index (χ4v) is 4.35. The molecule has 2 aromatic heterocycles. The number of rotatable bonds is 4. The first-order valence-electron chi connectivity index (χ1n) is 12.0. The second kappa shape index (κ2) is 9.60. The Kier molecular flexibility index (Phi) is 6.74. The van der Waals surface area contributed by atoms with E-state index in [4.69, 9.17) is 14.5 Å². The van der Waals surface area contributed by atoms with Gasteiger partial charge in [-0.05, 0) is 70.5 Å². The van der Waals surface area contributed by atoms with Crippen molar-refractivity contribution in [3.8, 4) is 11.1 Å². The molecule has 186 valence electrons. The van der Waals surface area contributed by atoms with Crippen LogP contribution in [0.25, 0.3) is 22.0 Å². The third kappa shape index (κ3) is 5.26. The molecule has 0 saturated carbocycles. The lowest BCUT2D eigenvalue weighted by molar-refractivity contribution is 0.0240. The van der Waals surface area contributed by atoms with Crippen molar-refractivity contribution in [1.29, 1.82) is 0 Å². The number of aromatic nitrogens is 2. The minimum Gasteiger partial charge on any atom is -0.465 e. The molecule has 0 atom stereocenters. The van der Waals surface area contributed by atoms with Crippen molar-refractivity contribution in [2.75, 3.05) is 38.2 Å². The first-order chi connectivity index (χ1) is 16.6. The second-order valence-corrected chi connectivity index (χ2v) is 10.1. The Morgan fingerprint density at radius 2 is 1.71 bits per heavy atom. The van der Waals surface area contributed by atoms with Gasteiger partial charge in [-0.25, -0.2) is 14.6 Å². The van der Waals surface area contributed by atoms with Gasteiger partial charge in [0, 0.05) is 61.1 Å². The molecular weight excluding hydrogens is 444 g/mol. The van der Waals surface area contributed by atoms with Crippen molar-refractivity contribution < 1.29 is 19.1 Å². The topological polar surface area (TPSA) is 76.9 Å². The van der Waals surface area contributed by atoms with Crippen molar-refractivity contribution in [3.05, 3.63) is 48.3 Å². The van der Waals surface area contributed by atoms with Gasteiger partial charge in [0.2, 0.25) is 0 Å². The molecule has 0 N–H and O–H groups in total. The van der Waals surface area contributed by atoms with Crippen molar-refractivity contribution in [2.24, 2.45) is 0 Å². The van der Waals surface area contributed by atoms with Gasteiger partial charge in [0.1, 0.15) is 11.4 Å². The lowest BCUT2D eigenvalue weighted by Crippen LogP contribution is -2.50. The molecule has 1 amide bonds. The van der Waals surface area contributed by atoms with Crippen molar-refractivity contribution in [2.45, 2.75) is 46.3 Å².